The number of ketones is 1. The van der Waals surface area contributed by atoms with Crippen LogP contribution in [0.5, 0.6) is 11.5 Å². The van der Waals surface area contributed by atoms with Gasteiger partial charge in [0.2, 0.25) is 0 Å². The molecule has 1 aliphatic heterocycles. The molecule has 0 atom stereocenters. The minimum absolute atomic E-state index is 0.0324. The summed E-state index contributed by atoms with van der Waals surface area (Å²) in [5.74, 6) is 0.620. The highest BCUT2D eigenvalue weighted by Gasteiger charge is 2.24. The Hall–Kier alpha value is -2.11. The van der Waals surface area contributed by atoms with E-state index in [0.29, 0.717) is 30.3 Å². The van der Waals surface area contributed by atoms with Crippen LogP contribution in [0.2, 0.25) is 0 Å². The highest BCUT2D eigenvalue weighted by atomic mass is 16.6. The van der Waals surface area contributed by atoms with Crippen LogP contribution in [0.4, 0.5) is 5.69 Å². The Kier molecular flexibility index (Phi) is 3.69. The minimum atomic E-state index is -0.499. The number of hydrogen-bond donors (Lipinski definition) is 0. The van der Waals surface area contributed by atoms with E-state index in [0.717, 1.165) is 0 Å². The summed E-state index contributed by atoms with van der Waals surface area (Å²) < 4.78 is 10.7. The van der Waals surface area contributed by atoms with Crippen LogP contribution in [0.1, 0.15) is 19.4 Å². The molecule has 6 heteroatoms. The van der Waals surface area contributed by atoms with E-state index in [1.165, 1.54) is 12.1 Å². The fraction of sp³-hybridized carbons (Fsp3) is 0.462. The van der Waals surface area contributed by atoms with Gasteiger partial charge >= 0.3 is 0 Å². The summed E-state index contributed by atoms with van der Waals surface area (Å²) in [6.07, 6.45) is 0.0324. The first-order chi connectivity index (χ1) is 8.99. The molecule has 1 aromatic carbocycles. The summed E-state index contributed by atoms with van der Waals surface area (Å²) in [7, 11) is 0. The quantitative estimate of drug-likeness (QED) is 0.615. The molecule has 0 aliphatic carbocycles. The predicted octanol–water partition coefficient (Wildman–Crippen LogP) is 2.13. The average molecular weight is 265 g/mol. The molecule has 1 heterocycles. The van der Waals surface area contributed by atoms with Crippen LogP contribution in [-0.2, 0) is 11.2 Å². The lowest BCUT2D eigenvalue weighted by molar-refractivity contribution is -0.385. The number of ether oxygens (including phenoxy) is 2. The third-order valence-electron chi connectivity index (χ3n) is 2.95. The summed E-state index contributed by atoms with van der Waals surface area (Å²) in [5.41, 5.74) is 0.270. The Bertz CT molecular complexity index is 524. The van der Waals surface area contributed by atoms with Crippen molar-refractivity contribution in [2.45, 2.75) is 20.3 Å². The third kappa shape index (κ3) is 2.83. The molecule has 0 aromatic heterocycles. The second kappa shape index (κ2) is 5.26. The van der Waals surface area contributed by atoms with Gasteiger partial charge in [0, 0.05) is 17.9 Å². The smallest absolute Gasteiger partial charge is 0.277 e. The van der Waals surface area contributed by atoms with Gasteiger partial charge in [-0.1, -0.05) is 13.8 Å². The van der Waals surface area contributed by atoms with Crippen molar-refractivity contribution in [1.82, 2.24) is 0 Å². The van der Waals surface area contributed by atoms with Crippen LogP contribution in [0, 0.1) is 16.0 Å². The molecule has 6 nitrogen and oxygen atoms in total. The molecule has 0 saturated carbocycles. The molecular formula is C13H15NO5. The van der Waals surface area contributed by atoms with Gasteiger partial charge in [0.1, 0.15) is 19.0 Å². The zero-order valence-corrected chi connectivity index (χ0v) is 10.8. The van der Waals surface area contributed by atoms with E-state index in [1.807, 2.05) is 0 Å². The number of carbonyl (C=O) groups is 1. The molecule has 0 bridgehead atoms. The second-order valence-electron chi connectivity index (χ2n) is 4.68. The number of nitro benzene ring substituents is 1. The number of hydrogen-bond acceptors (Lipinski definition) is 5. The van der Waals surface area contributed by atoms with Crippen LogP contribution >= 0.6 is 0 Å². The predicted molar refractivity (Wildman–Crippen MR) is 67.6 cm³/mol. The number of nitro groups is 1. The van der Waals surface area contributed by atoms with Crippen LogP contribution in [0.25, 0.3) is 0 Å². The number of fused-ring (bicyclic) bond motifs is 1. The monoisotopic (exact) mass is 265 g/mol. The summed E-state index contributed by atoms with van der Waals surface area (Å²) >= 11 is 0. The molecule has 0 spiro atoms. The molecule has 1 aromatic rings. The van der Waals surface area contributed by atoms with Crippen molar-refractivity contribution in [3.8, 4) is 11.5 Å². The minimum Gasteiger partial charge on any atom is -0.486 e. The first kappa shape index (κ1) is 13.3. The van der Waals surface area contributed by atoms with Crippen LogP contribution in [0.3, 0.4) is 0 Å². The molecule has 0 amide bonds. The van der Waals surface area contributed by atoms with E-state index >= 15 is 0 Å². The van der Waals surface area contributed by atoms with Crippen molar-refractivity contribution >= 4 is 11.5 Å². The van der Waals surface area contributed by atoms with Crippen molar-refractivity contribution in [1.29, 1.82) is 0 Å². The van der Waals surface area contributed by atoms with Crippen LogP contribution in [0.15, 0.2) is 12.1 Å². The van der Waals surface area contributed by atoms with Crippen molar-refractivity contribution in [3.05, 3.63) is 27.8 Å². The van der Waals surface area contributed by atoms with Crippen molar-refractivity contribution < 1.29 is 19.2 Å². The van der Waals surface area contributed by atoms with Gasteiger partial charge in [-0.05, 0) is 6.07 Å². The lowest BCUT2D eigenvalue weighted by atomic mass is 9.99. The van der Waals surface area contributed by atoms with Gasteiger partial charge in [-0.25, -0.2) is 0 Å². The Labute approximate surface area is 110 Å². The first-order valence-corrected chi connectivity index (χ1v) is 6.08. The van der Waals surface area contributed by atoms with E-state index in [9.17, 15) is 14.9 Å². The largest absolute Gasteiger partial charge is 0.486 e. The van der Waals surface area contributed by atoms with Crippen molar-refractivity contribution in [3.63, 3.8) is 0 Å². The van der Waals surface area contributed by atoms with Gasteiger partial charge in [0.15, 0.2) is 11.5 Å². The topological polar surface area (TPSA) is 78.7 Å². The van der Waals surface area contributed by atoms with E-state index in [4.69, 9.17) is 9.47 Å². The Morgan fingerprint density at radius 2 is 1.89 bits per heavy atom. The molecule has 0 N–H and O–H groups in total. The van der Waals surface area contributed by atoms with Gasteiger partial charge in [-0.3, -0.25) is 14.9 Å². The highest BCUT2D eigenvalue weighted by Crippen LogP contribution is 2.37. The standard InChI is InChI=1S/C13H15NO5/c1-8(2)11(15)5-9-6-12-13(19-4-3-18-12)7-10(9)14(16)17/h6-8H,3-5H2,1-2H3. The maximum Gasteiger partial charge on any atom is 0.277 e. The molecule has 0 saturated heterocycles. The summed E-state index contributed by atoms with van der Waals surface area (Å²) in [4.78, 5) is 22.3. The first-order valence-electron chi connectivity index (χ1n) is 6.08. The Morgan fingerprint density at radius 1 is 1.32 bits per heavy atom. The number of rotatable bonds is 4. The molecule has 0 radical (unpaired) electrons. The molecule has 0 fully saturated rings. The highest BCUT2D eigenvalue weighted by molar-refractivity contribution is 5.84. The lowest BCUT2D eigenvalue weighted by Gasteiger charge is -2.19. The molecule has 102 valence electrons. The molecule has 1 aliphatic rings. The Balaban J connectivity index is 2.40. The van der Waals surface area contributed by atoms with E-state index in [2.05, 4.69) is 0 Å². The maximum absolute atomic E-state index is 11.8. The van der Waals surface area contributed by atoms with Crippen molar-refractivity contribution in [2.75, 3.05) is 13.2 Å². The molecule has 0 unspecified atom stereocenters. The van der Waals surface area contributed by atoms with E-state index < -0.39 is 4.92 Å². The van der Waals surface area contributed by atoms with E-state index in [-0.39, 0.29) is 23.8 Å². The van der Waals surface area contributed by atoms with E-state index in [1.54, 1.807) is 13.8 Å². The summed E-state index contributed by atoms with van der Waals surface area (Å²) in [6, 6.07) is 2.87. The van der Waals surface area contributed by atoms with Crippen LogP contribution < -0.4 is 9.47 Å². The van der Waals surface area contributed by atoms with Gasteiger partial charge in [-0.2, -0.15) is 0 Å². The third-order valence-corrected chi connectivity index (χ3v) is 2.95. The maximum atomic E-state index is 11.8. The van der Waals surface area contributed by atoms with Crippen LogP contribution in [-0.4, -0.2) is 23.9 Å². The average Bonchev–Trinajstić information content (AvgIpc) is 2.37. The summed E-state index contributed by atoms with van der Waals surface area (Å²) in [6.45, 7) is 4.31. The number of nitrogens with zero attached hydrogens (tertiary/aromatic N) is 1. The fourth-order valence-corrected chi connectivity index (χ4v) is 1.82. The fourth-order valence-electron chi connectivity index (χ4n) is 1.82. The Morgan fingerprint density at radius 3 is 2.42 bits per heavy atom. The molecular weight excluding hydrogens is 250 g/mol. The van der Waals surface area contributed by atoms with Crippen molar-refractivity contribution in [2.24, 2.45) is 5.92 Å². The normalized spacial score (nSPS) is 13.4. The lowest BCUT2D eigenvalue weighted by Crippen LogP contribution is -2.17. The molecule has 19 heavy (non-hydrogen) atoms. The molecule has 2 rings (SSSR count). The summed E-state index contributed by atoms with van der Waals surface area (Å²) in [5, 5.41) is 11.1. The van der Waals surface area contributed by atoms with Gasteiger partial charge in [-0.15, -0.1) is 0 Å². The SMILES string of the molecule is CC(C)C(=O)Cc1cc2c(cc1[N+](=O)[O-])OCCO2. The zero-order chi connectivity index (χ0) is 14.0. The van der Waals surface area contributed by atoms with Gasteiger partial charge in [0.05, 0.1) is 11.0 Å². The zero-order valence-electron chi connectivity index (χ0n) is 10.8. The van der Waals surface area contributed by atoms with Gasteiger partial charge in [0.25, 0.3) is 5.69 Å². The number of benzene rings is 1. The number of carbonyl (C=O) groups excluding carboxylic acids is 1. The number of Topliss-reactive ketones (excluding diaryl/α,β-unsaturated/α-hetero) is 1. The second-order valence-corrected chi connectivity index (χ2v) is 4.68. The van der Waals surface area contributed by atoms with Gasteiger partial charge < -0.3 is 9.47 Å².